The molecular weight excluding hydrogens is 287 g/mol. The van der Waals surface area contributed by atoms with Gasteiger partial charge in [-0.2, -0.15) is 0 Å². The summed E-state index contributed by atoms with van der Waals surface area (Å²) >= 11 is 6.56. The van der Waals surface area contributed by atoms with Crippen LogP contribution in [-0.2, 0) is 12.8 Å². The Morgan fingerprint density at radius 1 is 1.05 bits per heavy atom. The molecule has 1 atom stereocenters. The van der Waals surface area contributed by atoms with Gasteiger partial charge in [0.15, 0.2) is 0 Å². The lowest BCUT2D eigenvalue weighted by Gasteiger charge is -2.17. The molecule has 0 amide bonds. The van der Waals surface area contributed by atoms with E-state index in [1.807, 2.05) is 0 Å². The SMILES string of the molecule is CCc1ccc(CC)c(C(Cl)c2ccc(OC)cc2F)c1. The molecule has 0 aliphatic heterocycles. The number of benzene rings is 2. The zero-order valence-electron chi connectivity index (χ0n) is 12.6. The lowest BCUT2D eigenvalue weighted by molar-refractivity contribution is 0.410. The first kappa shape index (κ1) is 15.8. The van der Waals surface area contributed by atoms with Crippen LogP contribution in [0.25, 0.3) is 0 Å². The van der Waals surface area contributed by atoms with Crippen molar-refractivity contribution in [2.24, 2.45) is 0 Å². The average Bonchev–Trinajstić information content (AvgIpc) is 2.53. The van der Waals surface area contributed by atoms with Gasteiger partial charge in [0.05, 0.1) is 12.5 Å². The van der Waals surface area contributed by atoms with Crippen LogP contribution in [0, 0.1) is 5.82 Å². The summed E-state index contributed by atoms with van der Waals surface area (Å²) in [5.41, 5.74) is 3.84. The molecule has 112 valence electrons. The van der Waals surface area contributed by atoms with Crippen molar-refractivity contribution in [3.8, 4) is 5.75 Å². The molecule has 3 heteroatoms. The second kappa shape index (κ2) is 6.95. The molecule has 0 saturated heterocycles. The molecule has 2 aromatic rings. The van der Waals surface area contributed by atoms with Gasteiger partial charge in [-0.15, -0.1) is 11.6 Å². The Morgan fingerprint density at radius 3 is 2.38 bits per heavy atom. The highest BCUT2D eigenvalue weighted by molar-refractivity contribution is 6.22. The van der Waals surface area contributed by atoms with E-state index in [9.17, 15) is 4.39 Å². The zero-order valence-corrected chi connectivity index (χ0v) is 13.4. The van der Waals surface area contributed by atoms with E-state index in [1.54, 1.807) is 12.1 Å². The van der Waals surface area contributed by atoms with Gasteiger partial charge in [-0.1, -0.05) is 38.1 Å². The third kappa shape index (κ3) is 3.38. The van der Waals surface area contributed by atoms with Gasteiger partial charge in [0, 0.05) is 11.6 Å². The van der Waals surface area contributed by atoms with Crippen LogP contribution in [0.5, 0.6) is 5.75 Å². The van der Waals surface area contributed by atoms with Crippen molar-refractivity contribution in [3.05, 3.63) is 64.5 Å². The van der Waals surface area contributed by atoms with Crippen molar-refractivity contribution in [2.75, 3.05) is 7.11 Å². The molecule has 0 bridgehead atoms. The topological polar surface area (TPSA) is 9.23 Å². The Morgan fingerprint density at radius 2 is 1.81 bits per heavy atom. The van der Waals surface area contributed by atoms with Crippen LogP contribution in [0.1, 0.15) is 41.5 Å². The van der Waals surface area contributed by atoms with Crippen molar-refractivity contribution in [1.29, 1.82) is 0 Å². The summed E-state index contributed by atoms with van der Waals surface area (Å²) in [5.74, 6) is 0.163. The van der Waals surface area contributed by atoms with Crippen LogP contribution in [0.2, 0.25) is 0 Å². The molecule has 2 aromatic carbocycles. The van der Waals surface area contributed by atoms with Crippen LogP contribution in [0.15, 0.2) is 36.4 Å². The Balaban J connectivity index is 2.45. The van der Waals surface area contributed by atoms with E-state index in [2.05, 4.69) is 32.0 Å². The lowest BCUT2D eigenvalue weighted by atomic mass is 9.94. The van der Waals surface area contributed by atoms with E-state index in [1.165, 1.54) is 18.7 Å². The first-order valence-electron chi connectivity index (χ1n) is 7.19. The van der Waals surface area contributed by atoms with E-state index in [4.69, 9.17) is 16.3 Å². The van der Waals surface area contributed by atoms with E-state index in [0.29, 0.717) is 11.3 Å². The number of alkyl halides is 1. The third-order valence-corrected chi connectivity index (χ3v) is 4.22. The highest BCUT2D eigenvalue weighted by Gasteiger charge is 2.18. The number of hydrogen-bond donors (Lipinski definition) is 0. The van der Waals surface area contributed by atoms with E-state index < -0.39 is 5.38 Å². The molecule has 1 unspecified atom stereocenters. The zero-order chi connectivity index (χ0) is 15.4. The second-order valence-electron chi connectivity index (χ2n) is 4.99. The predicted octanol–water partition coefficient (Wildman–Crippen LogP) is 5.29. The number of aryl methyl sites for hydroxylation is 2. The lowest BCUT2D eigenvalue weighted by Crippen LogP contribution is -2.02. The summed E-state index contributed by atoms with van der Waals surface area (Å²) in [6.07, 6.45) is 1.81. The molecule has 21 heavy (non-hydrogen) atoms. The van der Waals surface area contributed by atoms with E-state index in [-0.39, 0.29) is 5.82 Å². The van der Waals surface area contributed by atoms with E-state index >= 15 is 0 Å². The van der Waals surface area contributed by atoms with Gasteiger partial charge in [0.25, 0.3) is 0 Å². The molecule has 0 saturated carbocycles. The minimum Gasteiger partial charge on any atom is -0.497 e. The van der Waals surface area contributed by atoms with Gasteiger partial charge in [0.2, 0.25) is 0 Å². The number of ether oxygens (including phenoxy) is 1. The molecule has 2 rings (SSSR count). The van der Waals surface area contributed by atoms with Crippen molar-refractivity contribution >= 4 is 11.6 Å². The third-order valence-electron chi connectivity index (χ3n) is 3.75. The summed E-state index contributed by atoms with van der Waals surface area (Å²) in [6.45, 7) is 4.18. The maximum Gasteiger partial charge on any atom is 0.131 e. The van der Waals surface area contributed by atoms with Gasteiger partial charge in [-0.05, 0) is 35.6 Å². The van der Waals surface area contributed by atoms with Crippen molar-refractivity contribution in [2.45, 2.75) is 32.1 Å². The highest BCUT2D eigenvalue weighted by atomic mass is 35.5. The minimum atomic E-state index is -0.489. The molecule has 0 N–H and O–H groups in total. The Hall–Kier alpha value is -1.54. The number of methoxy groups -OCH3 is 1. The summed E-state index contributed by atoms with van der Waals surface area (Å²) in [5, 5.41) is -0.489. The molecular formula is C18H20ClFO. The summed E-state index contributed by atoms with van der Waals surface area (Å²) in [6, 6.07) is 11.1. The van der Waals surface area contributed by atoms with Crippen molar-refractivity contribution < 1.29 is 9.13 Å². The molecule has 0 aliphatic carbocycles. The Bertz CT molecular complexity index is 625. The molecule has 0 fully saturated rings. The highest BCUT2D eigenvalue weighted by Crippen LogP contribution is 2.34. The maximum absolute atomic E-state index is 14.2. The van der Waals surface area contributed by atoms with Crippen LogP contribution >= 0.6 is 11.6 Å². The Labute approximate surface area is 130 Å². The second-order valence-corrected chi connectivity index (χ2v) is 5.43. The fourth-order valence-corrected chi connectivity index (χ4v) is 2.81. The van der Waals surface area contributed by atoms with Crippen LogP contribution in [0.3, 0.4) is 0 Å². The summed E-state index contributed by atoms with van der Waals surface area (Å²) in [7, 11) is 1.52. The monoisotopic (exact) mass is 306 g/mol. The normalized spacial score (nSPS) is 12.2. The van der Waals surface area contributed by atoms with Gasteiger partial charge < -0.3 is 4.74 Å². The predicted molar refractivity (Wildman–Crippen MR) is 85.8 cm³/mol. The molecule has 0 radical (unpaired) electrons. The van der Waals surface area contributed by atoms with Crippen LogP contribution in [0.4, 0.5) is 4.39 Å². The summed E-state index contributed by atoms with van der Waals surface area (Å²) in [4.78, 5) is 0. The van der Waals surface area contributed by atoms with Crippen molar-refractivity contribution in [3.63, 3.8) is 0 Å². The minimum absolute atomic E-state index is 0.335. The first-order valence-corrected chi connectivity index (χ1v) is 7.63. The quantitative estimate of drug-likeness (QED) is 0.682. The fraction of sp³-hybridized carbons (Fsp3) is 0.333. The summed E-state index contributed by atoms with van der Waals surface area (Å²) < 4.78 is 19.3. The number of halogens is 2. The maximum atomic E-state index is 14.2. The van der Waals surface area contributed by atoms with Gasteiger partial charge in [0.1, 0.15) is 11.6 Å². The van der Waals surface area contributed by atoms with Gasteiger partial charge >= 0.3 is 0 Å². The van der Waals surface area contributed by atoms with E-state index in [0.717, 1.165) is 24.0 Å². The number of hydrogen-bond acceptors (Lipinski definition) is 1. The van der Waals surface area contributed by atoms with Gasteiger partial charge in [-0.25, -0.2) is 4.39 Å². The fourth-order valence-electron chi connectivity index (χ4n) is 2.43. The first-order chi connectivity index (χ1) is 10.1. The molecule has 0 aliphatic rings. The van der Waals surface area contributed by atoms with Gasteiger partial charge in [-0.3, -0.25) is 0 Å². The largest absolute Gasteiger partial charge is 0.497 e. The molecule has 0 spiro atoms. The van der Waals surface area contributed by atoms with Crippen LogP contribution in [-0.4, -0.2) is 7.11 Å². The molecule has 1 nitrogen and oxygen atoms in total. The average molecular weight is 307 g/mol. The Kier molecular flexibility index (Phi) is 5.24. The number of rotatable bonds is 5. The smallest absolute Gasteiger partial charge is 0.131 e. The molecule has 0 heterocycles. The molecule has 0 aromatic heterocycles. The standard InChI is InChI=1S/C18H20ClFO/c1-4-12-6-7-13(5-2)16(10-12)18(19)15-9-8-14(21-3)11-17(15)20/h6-11,18H,4-5H2,1-3H3. The van der Waals surface area contributed by atoms with Crippen molar-refractivity contribution in [1.82, 2.24) is 0 Å². The van der Waals surface area contributed by atoms with Crippen LogP contribution < -0.4 is 4.74 Å².